The molecule has 1 fully saturated rings. The Kier molecular flexibility index (Phi) is 5.11. The van der Waals surface area contributed by atoms with E-state index in [0.717, 1.165) is 11.1 Å². The molecule has 2 aromatic rings. The third-order valence-corrected chi connectivity index (χ3v) is 4.40. The lowest BCUT2D eigenvalue weighted by molar-refractivity contribution is 0.463. The number of nitriles is 1. The first-order valence-corrected chi connectivity index (χ1v) is 8.39. The molecule has 0 saturated heterocycles. The van der Waals surface area contributed by atoms with Gasteiger partial charge in [-0.15, -0.1) is 0 Å². The minimum absolute atomic E-state index is 0.615. The van der Waals surface area contributed by atoms with Crippen molar-refractivity contribution in [3.63, 3.8) is 0 Å². The summed E-state index contributed by atoms with van der Waals surface area (Å²) in [5.74, 6) is 0. The van der Waals surface area contributed by atoms with Crippen molar-refractivity contribution in [2.45, 2.75) is 38.1 Å². The van der Waals surface area contributed by atoms with Crippen LogP contribution in [0.5, 0.6) is 0 Å². The summed E-state index contributed by atoms with van der Waals surface area (Å²) >= 11 is 0. The molecule has 0 radical (unpaired) electrons. The van der Waals surface area contributed by atoms with Crippen LogP contribution in [-0.4, -0.2) is 6.04 Å². The molecule has 3 rings (SSSR count). The van der Waals surface area contributed by atoms with E-state index in [1.807, 2.05) is 36.4 Å². The van der Waals surface area contributed by atoms with Crippen LogP contribution in [0.25, 0.3) is 11.6 Å². The van der Waals surface area contributed by atoms with Gasteiger partial charge in [-0.25, -0.2) is 0 Å². The van der Waals surface area contributed by atoms with Crippen LogP contribution in [0.2, 0.25) is 0 Å². The zero-order valence-corrected chi connectivity index (χ0v) is 13.3. The van der Waals surface area contributed by atoms with Crippen molar-refractivity contribution < 1.29 is 0 Å². The number of anilines is 1. The van der Waals surface area contributed by atoms with E-state index in [9.17, 15) is 5.26 Å². The Bertz CT molecular complexity index is 687. The molecule has 0 unspecified atom stereocenters. The normalized spacial score (nSPS) is 15.9. The second kappa shape index (κ2) is 7.65. The average molecular weight is 302 g/mol. The fourth-order valence-corrected chi connectivity index (χ4v) is 3.12. The first-order valence-electron chi connectivity index (χ1n) is 8.39. The van der Waals surface area contributed by atoms with Gasteiger partial charge in [0.15, 0.2) is 0 Å². The number of benzene rings is 2. The summed E-state index contributed by atoms with van der Waals surface area (Å²) in [6.07, 6.45) is 8.53. The maximum Gasteiger partial charge on any atom is 0.0998 e. The monoisotopic (exact) mass is 302 g/mol. The van der Waals surface area contributed by atoms with Gasteiger partial charge >= 0.3 is 0 Å². The Labute approximate surface area is 138 Å². The molecule has 1 N–H and O–H groups in total. The van der Waals surface area contributed by atoms with Crippen LogP contribution in [0, 0.1) is 11.3 Å². The van der Waals surface area contributed by atoms with Crippen LogP contribution in [0.1, 0.15) is 43.2 Å². The van der Waals surface area contributed by atoms with E-state index in [-0.39, 0.29) is 0 Å². The first kappa shape index (κ1) is 15.4. The standard InChI is InChI=1S/C21H22N2/c22-16-19(18-7-3-1-4-8-18)15-17-11-13-21(14-12-17)23-20-9-5-2-6-10-20/h1,3-4,7-8,11-15,20,23H,2,5-6,9-10H2/b19-15+. The molecule has 0 aliphatic heterocycles. The smallest absolute Gasteiger partial charge is 0.0998 e. The molecule has 2 nitrogen and oxygen atoms in total. The van der Waals surface area contributed by atoms with E-state index in [2.05, 4.69) is 35.7 Å². The van der Waals surface area contributed by atoms with E-state index in [1.54, 1.807) is 0 Å². The van der Waals surface area contributed by atoms with Crippen LogP contribution in [0.3, 0.4) is 0 Å². The molecule has 1 aliphatic carbocycles. The third kappa shape index (κ3) is 4.23. The summed E-state index contributed by atoms with van der Waals surface area (Å²) in [7, 11) is 0. The van der Waals surface area contributed by atoms with Crippen LogP contribution in [-0.2, 0) is 0 Å². The fourth-order valence-electron chi connectivity index (χ4n) is 3.12. The molecular formula is C21H22N2. The van der Waals surface area contributed by atoms with Crippen molar-refractivity contribution in [2.24, 2.45) is 0 Å². The molecule has 116 valence electrons. The number of hydrogen-bond acceptors (Lipinski definition) is 2. The van der Waals surface area contributed by atoms with Gasteiger partial charge in [0.1, 0.15) is 0 Å². The van der Waals surface area contributed by atoms with Crippen LogP contribution >= 0.6 is 0 Å². The van der Waals surface area contributed by atoms with Gasteiger partial charge in [0.2, 0.25) is 0 Å². The van der Waals surface area contributed by atoms with E-state index >= 15 is 0 Å². The van der Waals surface area contributed by atoms with Crippen molar-refractivity contribution in [2.75, 3.05) is 5.32 Å². The van der Waals surface area contributed by atoms with Crippen LogP contribution < -0.4 is 5.32 Å². The predicted octanol–water partition coefficient (Wildman–Crippen LogP) is 5.50. The molecule has 0 spiro atoms. The Hall–Kier alpha value is -2.53. The summed E-state index contributed by atoms with van der Waals surface area (Å²) in [5.41, 5.74) is 3.88. The lowest BCUT2D eigenvalue weighted by Crippen LogP contribution is -2.22. The molecule has 0 bridgehead atoms. The number of nitrogens with one attached hydrogen (secondary N) is 1. The van der Waals surface area contributed by atoms with Gasteiger partial charge in [-0.1, -0.05) is 61.7 Å². The van der Waals surface area contributed by atoms with Gasteiger partial charge in [-0.2, -0.15) is 5.26 Å². The largest absolute Gasteiger partial charge is 0.382 e. The van der Waals surface area contributed by atoms with E-state index in [0.29, 0.717) is 11.6 Å². The van der Waals surface area contributed by atoms with Gasteiger partial charge in [-0.05, 0) is 42.2 Å². The second-order valence-electron chi connectivity index (χ2n) is 6.14. The number of hydrogen-bond donors (Lipinski definition) is 1. The molecule has 1 saturated carbocycles. The maximum atomic E-state index is 9.38. The van der Waals surface area contributed by atoms with Crippen molar-refractivity contribution in [3.8, 4) is 6.07 Å². The van der Waals surface area contributed by atoms with E-state index in [4.69, 9.17) is 0 Å². The third-order valence-electron chi connectivity index (χ3n) is 4.40. The summed E-state index contributed by atoms with van der Waals surface area (Å²) in [6, 6.07) is 21.1. The van der Waals surface area contributed by atoms with Crippen molar-refractivity contribution >= 4 is 17.3 Å². The number of allylic oxidation sites excluding steroid dienone is 1. The minimum Gasteiger partial charge on any atom is -0.382 e. The highest BCUT2D eigenvalue weighted by atomic mass is 14.9. The second-order valence-corrected chi connectivity index (χ2v) is 6.14. The van der Waals surface area contributed by atoms with Gasteiger partial charge in [-0.3, -0.25) is 0 Å². The lowest BCUT2D eigenvalue weighted by atomic mass is 9.95. The zero-order valence-electron chi connectivity index (χ0n) is 13.3. The lowest BCUT2D eigenvalue weighted by Gasteiger charge is -2.23. The molecule has 0 heterocycles. The molecule has 0 amide bonds. The highest BCUT2D eigenvalue weighted by molar-refractivity contribution is 5.89. The topological polar surface area (TPSA) is 35.8 Å². The Morgan fingerprint density at radius 1 is 0.957 bits per heavy atom. The highest BCUT2D eigenvalue weighted by Crippen LogP contribution is 2.23. The molecule has 0 aromatic heterocycles. The average Bonchev–Trinajstić information content (AvgIpc) is 2.63. The molecule has 2 heteroatoms. The Balaban J connectivity index is 1.71. The molecule has 1 aliphatic rings. The predicted molar refractivity (Wildman–Crippen MR) is 96.9 cm³/mol. The van der Waals surface area contributed by atoms with Crippen molar-refractivity contribution in [1.82, 2.24) is 0 Å². The van der Waals surface area contributed by atoms with Gasteiger partial charge in [0.25, 0.3) is 0 Å². The van der Waals surface area contributed by atoms with Crippen molar-refractivity contribution in [1.29, 1.82) is 5.26 Å². The molecule has 23 heavy (non-hydrogen) atoms. The zero-order chi connectivity index (χ0) is 15.9. The number of nitrogens with zero attached hydrogens (tertiary/aromatic N) is 1. The van der Waals surface area contributed by atoms with E-state index in [1.165, 1.54) is 37.8 Å². The molecule has 2 aromatic carbocycles. The fraction of sp³-hybridized carbons (Fsp3) is 0.286. The summed E-state index contributed by atoms with van der Waals surface area (Å²) in [5, 5.41) is 13.0. The highest BCUT2D eigenvalue weighted by Gasteiger charge is 2.12. The van der Waals surface area contributed by atoms with Gasteiger partial charge < -0.3 is 5.32 Å². The van der Waals surface area contributed by atoms with E-state index < -0.39 is 0 Å². The number of rotatable bonds is 4. The van der Waals surface area contributed by atoms with Crippen molar-refractivity contribution in [3.05, 3.63) is 65.7 Å². The maximum absolute atomic E-state index is 9.38. The summed E-state index contributed by atoms with van der Waals surface area (Å²) < 4.78 is 0. The quantitative estimate of drug-likeness (QED) is 0.598. The van der Waals surface area contributed by atoms with Crippen LogP contribution in [0.15, 0.2) is 54.6 Å². The Morgan fingerprint density at radius 2 is 1.65 bits per heavy atom. The molecule has 0 atom stereocenters. The molecular weight excluding hydrogens is 280 g/mol. The minimum atomic E-state index is 0.615. The summed E-state index contributed by atoms with van der Waals surface area (Å²) in [4.78, 5) is 0. The Morgan fingerprint density at radius 3 is 2.30 bits per heavy atom. The SMILES string of the molecule is N#C/C(=C\c1ccc(NC2CCCCC2)cc1)c1ccccc1. The summed E-state index contributed by atoms with van der Waals surface area (Å²) in [6.45, 7) is 0. The van der Waals surface area contributed by atoms with Gasteiger partial charge in [0, 0.05) is 11.7 Å². The van der Waals surface area contributed by atoms with Gasteiger partial charge in [0.05, 0.1) is 11.6 Å². The first-order chi connectivity index (χ1) is 11.3. The van der Waals surface area contributed by atoms with Crippen LogP contribution in [0.4, 0.5) is 5.69 Å².